The van der Waals surface area contributed by atoms with Crippen LogP contribution in [0.4, 0.5) is 0 Å². The Morgan fingerprint density at radius 2 is 1.62 bits per heavy atom. The minimum Gasteiger partial charge on any atom is -0.457 e. The van der Waals surface area contributed by atoms with Gasteiger partial charge in [0.1, 0.15) is 18.0 Å². The number of hydrogen-bond acceptors (Lipinski definition) is 3. The van der Waals surface area contributed by atoms with Crippen LogP contribution >= 0.6 is 11.6 Å². The van der Waals surface area contributed by atoms with Crippen LogP contribution in [0.1, 0.15) is 12.8 Å². The summed E-state index contributed by atoms with van der Waals surface area (Å²) in [4.78, 5) is 16.9. The van der Waals surface area contributed by atoms with Crippen molar-refractivity contribution in [2.75, 3.05) is 6.54 Å². The lowest BCUT2D eigenvalue weighted by atomic mass is 10.1. The molecule has 4 aromatic rings. The van der Waals surface area contributed by atoms with Gasteiger partial charge in [0.15, 0.2) is 5.96 Å². The maximum atomic E-state index is 12.9. The van der Waals surface area contributed by atoms with Crippen LogP contribution in [0.3, 0.4) is 0 Å². The number of carbonyl (C=O) groups excluding carboxylic acids is 1. The monoisotopic (exact) mass is 511 g/mol. The van der Waals surface area contributed by atoms with E-state index in [1.807, 2.05) is 95.6 Å². The summed E-state index contributed by atoms with van der Waals surface area (Å²) in [7, 11) is 0. The van der Waals surface area contributed by atoms with Crippen molar-refractivity contribution in [2.45, 2.75) is 19.4 Å². The number of aromatic nitrogens is 1. The van der Waals surface area contributed by atoms with E-state index in [1.165, 1.54) is 0 Å². The smallest absolute Gasteiger partial charge is 0.268 e. The Balaban J connectivity index is 1.61. The Labute approximate surface area is 220 Å². The first-order valence-electron chi connectivity index (χ1n) is 11.8. The van der Waals surface area contributed by atoms with E-state index in [9.17, 15) is 4.79 Å². The molecule has 1 amide bonds. The molecule has 1 heterocycles. The summed E-state index contributed by atoms with van der Waals surface area (Å²) in [5.41, 5.74) is 9.20. The molecule has 4 rings (SSSR count). The van der Waals surface area contributed by atoms with E-state index in [0.29, 0.717) is 30.2 Å². The molecular formula is C29H26ClN5O2. The molecule has 0 unspecified atom stereocenters. The predicted octanol–water partition coefficient (Wildman–Crippen LogP) is 6.00. The van der Waals surface area contributed by atoms with Gasteiger partial charge in [-0.05, 0) is 66.6 Å². The standard InChI is InChI=1S/C29H26ClN5O2/c30-25-11-5-4-10-24(25)27-17-16-26(35(27)20-28(36)34-29(32)33-19-7-6-18-31)21-12-14-23(15-13-21)37-22-8-2-1-3-9-22/h1-5,8-17H,6-7,19-20H2,(H3,32,33,34,36). The predicted molar refractivity (Wildman–Crippen MR) is 146 cm³/mol. The lowest BCUT2D eigenvalue weighted by molar-refractivity contribution is -0.118. The van der Waals surface area contributed by atoms with Crippen molar-refractivity contribution in [3.8, 4) is 40.1 Å². The molecule has 0 saturated carbocycles. The fraction of sp³-hybridized carbons (Fsp3) is 0.138. The Morgan fingerprint density at radius 1 is 0.946 bits per heavy atom. The number of aliphatic imine (C=N–C) groups is 1. The first-order chi connectivity index (χ1) is 18.0. The molecular weight excluding hydrogens is 486 g/mol. The summed E-state index contributed by atoms with van der Waals surface area (Å²) in [6, 6.07) is 30.7. The molecule has 0 fully saturated rings. The molecule has 0 bridgehead atoms. The highest BCUT2D eigenvalue weighted by molar-refractivity contribution is 6.33. The molecule has 186 valence electrons. The SMILES string of the molecule is N#CCCCN/C(N)=N/C(=O)Cn1c(-c2ccc(Oc3ccccc3)cc2)ccc1-c1ccccc1Cl. The third-order valence-electron chi connectivity index (χ3n) is 5.57. The van der Waals surface area contributed by atoms with Gasteiger partial charge in [-0.15, -0.1) is 0 Å². The van der Waals surface area contributed by atoms with E-state index >= 15 is 0 Å². The van der Waals surface area contributed by atoms with Crippen molar-refractivity contribution >= 4 is 23.5 Å². The molecule has 0 aliphatic carbocycles. The van der Waals surface area contributed by atoms with Gasteiger partial charge in [-0.1, -0.05) is 48.0 Å². The normalized spacial score (nSPS) is 11.1. The van der Waals surface area contributed by atoms with Crippen LogP contribution < -0.4 is 15.8 Å². The second-order valence-corrected chi connectivity index (χ2v) is 8.60. The number of benzene rings is 3. The number of nitrogens with two attached hydrogens (primary N) is 1. The van der Waals surface area contributed by atoms with Crippen molar-refractivity contribution in [3.05, 3.63) is 96.0 Å². The number of carbonyl (C=O) groups is 1. The van der Waals surface area contributed by atoms with E-state index in [1.54, 1.807) is 0 Å². The molecule has 7 nitrogen and oxygen atoms in total. The van der Waals surface area contributed by atoms with Crippen molar-refractivity contribution in [3.63, 3.8) is 0 Å². The Morgan fingerprint density at radius 3 is 2.35 bits per heavy atom. The van der Waals surface area contributed by atoms with E-state index in [4.69, 9.17) is 27.3 Å². The number of hydrogen-bond donors (Lipinski definition) is 2. The van der Waals surface area contributed by atoms with Gasteiger partial charge in [0, 0.05) is 29.2 Å². The van der Waals surface area contributed by atoms with Crippen molar-refractivity contribution in [2.24, 2.45) is 10.7 Å². The first kappa shape index (κ1) is 25.5. The molecule has 0 saturated heterocycles. The van der Waals surface area contributed by atoms with Gasteiger partial charge < -0.3 is 20.4 Å². The second kappa shape index (κ2) is 12.4. The third-order valence-corrected chi connectivity index (χ3v) is 5.90. The first-order valence-corrected chi connectivity index (χ1v) is 12.2. The summed E-state index contributed by atoms with van der Waals surface area (Å²) in [5, 5.41) is 12.1. The average molecular weight is 512 g/mol. The number of para-hydroxylation sites is 1. The van der Waals surface area contributed by atoms with Gasteiger partial charge in [0.2, 0.25) is 0 Å². The van der Waals surface area contributed by atoms with Crippen LogP contribution in [-0.2, 0) is 11.3 Å². The van der Waals surface area contributed by atoms with Crippen LogP contribution in [0.25, 0.3) is 22.5 Å². The number of nitrogens with one attached hydrogen (secondary N) is 1. The molecule has 37 heavy (non-hydrogen) atoms. The summed E-state index contributed by atoms with van der Waals surface area (Å²) in [6.07, 6.45) is 1.01. The van der Waals surface area contributed by atoms with E-state index < -0.39 is 5.91 Å². The number of halogens is 1. The number of ether oxygens (including phenoxy) is 1. The van der Waals surface area contributed by atoms with Gasteiger partial charge in [-0.2, -0.15) is 10.3 Å². The number of guanidine groups is 1. The lowest BCUT2D eigenvalue weighted by Gasteiger charge is -2.14. The highest BCUT2D eigenvalue weighted by atomic mass is 35.5. The molecule has 0 aliphatic rings. The molecule has 0 atom stereocenters. The van der Waals surface area contributed by atoms with Gasteiger partial charge in [-0.25, -0.2) is 0 Å². The Kier molecular flexibility index (Phi) is 8.58. The minimum atomic E-state index is -0.417. The minimum absolute atomic E-state index is 0.0263. The van der Waals surface area contributed by atoms with Crippen LogP contribution in [0.2, 0.25) is 5.02 Å². The van der Waals surface area contributed by atoms with E-state index in [-0.39, 0.29) is 12.5 Å². The van der Waals surface area contributed by atoms with Crippen LogP contribution in [0.5, 0.6) is 11.5 Å². The zero-order chi connectivity index (χ0) is 26.0. The zero-order valence-electron chi connectivity index (χ0n) is 20.1. The van der Waals surface area contributed by atoms with Crippen LogP contribution in [-0.4, -0.2) is 23.0 Å². The van der Waals surface area contributed by atoms with Gasteiger partial charge in [0.25, 0.3) is 5.91 Å². The molecule has 3 aromatic carbocycles. The van der Waals surface area contributed by atoms with Crippen molar-refractivity contribution in [1.82, 2.24) is 9.88 Å². The fourth-order valence-corrected chi connectivity index (χ4v) is 4.07. The van der Waals surface area contributed by atoms with Gasteiger partial charge in [-0.3, -0.25) is 4.79 Å². The van der Waals surface area contributed by atoms with Gasteiger partial charge >= 0.3 is 0 Å². The number of nitriles is 1. The third kappa shape index (κ3) is 6.78. The Bertz CT molecular complexity index is 1420. The topological polar surface area (TPSA) is 105 Å². The molecule has 0 spiro atoms. The van der Waals surface area contributed by atoms with Crippen LogP contribution in [0, 0.1) is 11.3 Å². The fourth-order valence-electron chi connectivity index (χ4n) is 3.84. The van der Waals surface area contributed by atoms with Crippen molar-refractivity contribution < 1.29 is 9.53 Å². The quantitative estimate of drug-likeness (QED) is 0.163. The second-order valence-electron chi connectivity index (χ2n) is 8.19. The number of nitrogens with zero attached hydrogens (tertiary/aromatic N) is 3. The number of unbranched alkanes of at least 4 members (excludes halogenated alkanes) is 1. The summed E-state index contributed by atoms with van der Waals surface area (Å²) in [5.74, 6) is 1.07. The largest absolute Gasteiger partial charge is 0.457 e. The zero-order valence-corrected chi connectivity index (χ0v) is 20.9. The van der Waals surface area contributed by atoms with E-state index in [2.05, 4.69) is 16.4 Å². The van der Waals surface area contributed by atoms with Crippen molar-refractivity contribution in [1.29, 1.82) is 5.26 Å². The maximum Gasteiger partial charge on any atom is 0.268 e. The number of amides is 1. The molecule has 0 aliphatic heterocycles. The Hall–Kier alpha value is -4.54. The molecule has 0 radical (unpaired) electrons. The average Bonchev–Trinajstić information content (AvgIpc) is 3.31. The summed E-state index contributed by atoms with van der Waals surface area (Å²) in [6.45, 7) is 0.430. The molecule has 8 heteroatoms. The highest BCUT2D eigenvalue weighted by Crippen LogP contribution is 2.34. The summed E-state index contributed by atoms with van der Waals surface area (Å²) < 4.78 is 7.79. The molecule has 3 N–H and O–H groups in total. The number of rotatable bonds is 9. The lowest BCUT2D eigenvalue weighted by Crippen LogP contribution is -2.33. The van der Waals surface area contributed by atoms with Gasteiger partial charge in [0.05, 0.1) is 11.8 Å². The maximum absolute atomic E-state index is 12.9. The highest BCUT2D eigenvalue weighted by Gasteiger charge is 2.17. The van der Waals surface area contributed by atoms with E-state index in [0.717, 1.165) is 28.3 Å². The molecule has 1 aromatic heterocycles. The summed E-state index contributed by atoms with van der Waals surface area (Å²) >= 11 is 6.49. The van der Waals surface area contributed by atoms with Crippen LogP contribution in [0.15, 0.2) is 96.0 Å².